The highest BCUT2D eigenvalue weighted by Gasteiger charge is 2.30. The molecule has 0 radical (unpaired) electrons. The molecule has 3 nitrogen and oxygen atoms in total. The molecule has 0 spiro atoms. The predicted molar refractivity (Wildman–Crippen MR) is 67.8 cm³/mol. The summed E-state index contributed by atoms with van der Waals surface area (Å²) in [5, 5.41) is 0. The molecule has 1 saturated carbocycles. The van der Waals surface area contributed by atoms with E-state index in [2.05, 4.69) is 4.90 Å². The minimum atomic E-state index is 0.334. The van der Waals surface area contributed by atoms with Crippen LogP contribution in [0.25, 0.3) is 0 Å². The smallest absolute Gasteiger partial charge is 0.225 e. The Morgan fingerprint density at radius 2 is 2.00 bits per heavy atom. The zero-order valence-electron chi connectivity index (χ0n) is 11.0. The number of likely N-dealkylation sites (tertiary alicyclic amines) is 1. The first-order chi connectivity index (χ1) is 8.31. The number of rotatable bonds is 4. The van der Waals surface area contributed by atoms with E-state index in [0.29, 0.717) is 17.7 Å². The van der Waals surface area contributed by atoms with Gasteiger partial charge in [0.1, 0.15) is 0 Å². The molecule has 1 aliphatic heterocycles. The van der Waals surface area contributed by atoms with Crippen molar-refractivity contribution < 1.29 is 9.53 Å². The van der Waals surface area contributed by atoms with Gasteiger partial charge in [0.2, 0.25) is 5.91 Å². The predicted octanol–water partition coefficient (Wildman–Crippen LogP) is 2.45. The van der Waals surface area contributed by atoms with E-state index in [4.69, 9.17) is 4.74 Å². The Morgan fingerprint density at radius 3 is 2.71 bits per heavy atom. The maximum absolute atomic E-state index is 12.3. The van der Waals surface area contributed by atoms with Gasteiger partial charge < -0.3 is 9.64 Å². The lowest BCUT2D eigenvalue weighted by Gasteiger charge is -2.34. The summed E-state index contributed by atoms with van der Waals surface area (Å²) in [4.78, 5) is 14.4. The first-order valence-corrected chi connectivity index (χ1v) is 7.17. The van der Waals surface area contributed by atoms with Gasteiger partial charge in [0.25, 0.3) is 0 Å². The highest BCUT2D eigenvalue weighted by atomic mass is 16.5. The van der Waals surface area contributed by atoms with Crippen LogP contribution in [-0.4, -0.2) is 37.1 Å². The molecule has 2 fully saturated rings. The molecule has 1 atom stereocenters. The fourth-order valence-electron chi connectivity index (χ4n) is 3.12. The van der Waals surface area contributed by atoms with E-state index in [1.54, 1.807) is 0 Å². The molecule has 1 saturated heterocycles. The van der Waals surface area contributed by atoms with Gasteiger partial charge >= 0.3 is 0 Å². The Labute approximate surface area is 105 Å². The van der Waals surface area contributed by atoms with Crippen molar-refractivity contribution in [3.8, 4) is 0 Å². The van der Waals surface area contributed by atoms with E-state index in [0.717, 1.165) is 45.6 Å². The van der Waals surface area contributed by atoms with Gasteiger partial charge in [-0.15, -0.1) is 0 Å². The van der Waals surface area contributed by atoms with Crippen molar-refractivity contribution in [3.05, 3.63) is 0 Å². The fourth-order valence-corrected chi connectivity index (χ4v) is 3.12. The number of ether oxygens (including phenoxy) is 1. The molecule has 2 rings (SSSR count). The third-order valence-corrected chi connectivity index (χ3v) is 4.09. The third kappa shape index (κ3) is 3.44. The van der Waals surface area contributed by atoms with Gasteiger partial charge in [0.05, 0.1) is 6.61 Å². The number of piperidine rings is 1. The van der Waals surface area contributed by atoms with Gasteiger partial charge in [-0.2, -0.15) is 0 Å². The van der Waals surface area contributed by atoms with Crippen LogP contribution in [0.2, 0.25) is 0 Å². The van der Waals surface area contributed by atoms with E-state index < -0.39 is 0 Å². The minimum Gasteiger partial charge on any atom is -0.381 e. The zero-order valence-corrected chi connectivity index (χ0v) is 11.0. The molecule has 0 aromatic rings. The summed E-state index contributed by atoms with van der Waals surface area (Å²) in [5.41, 5.74) is 0. The molecule has 0 aromatic heterocycles. The van der Waals surface area contributed by atoms with Crippen molar-refractivity contribution >= 4 is 5.91 Å². The second-order valence-corrected chi connectivity index (χ2v) is 5.43. The van der Waals surface area contributed by atoms with Crippen LogP contribution in [0.1, 0.15) is 45.4 Å². The van der Waals surface area contributed by atoms with E-state index in [-0.39, 0.29) is 0 Å². The average molecular weight is 239 g/mol. The monoisotopic (exact) mass is 239 g/mol. The molecular weight excluding hydrogens is 214 g/mol. The maximum Gasteiger partial charge on any atom is 0.225 e. The molecule has 1 aliphatic carbocycles. The number of carbonyl (C=O) groups excluding carboxylic acids is 1. The summed E-state index contributed by atoms with van der Waals surface area (Å²) in [7, 11) is 0. The van der Waals surface area contributed by atoms with E-state index in [1.165, 1.54) is 19.3 Å². The van der Waals surface area contributed by atoms with E-state index in [9.17, 15) is 4.79 Å². The van der Waals surface area contributed by atoms with Crippen LogP contribution in [-0.2, 0) is 9.53 Å². The maximum atomic E-state index is 12.3. The van der Waals surface area contributed by atoms with Gasteiger partial charge in [0.15, 0.2) is 0 Å². The Kier molecular flexibility index (Phi) is 4.84. The van der Waals surface area contributed by atoms with Crippen LogP contribution in [0.3, 0.4) is 0 Å². The first kappa shape index (κ1) is 12.9. The normalized spacial score (nSPS) is 26.4. The fraction of sp³-hybridized carbons (Fsp3) is 0.929. The number of hydrogen-bond donors (Lipinski definition) is 0. The lowest BCUT2D eigenvalue weighted by Crippen LogP contribution is -2.43. The Morgan fingerprint density at radius 1 is 1.24 bits per heavy atom. The van der Waals surface area contributed by atoms with Crippen molar-refractivity contribution in [1.29, 1.82) is 0 Å². The topological polar surface area (TPSA) is 29.5 Å². The van der Waals surface area contributed by atoms with Crippen LogP contribution in [0.4, 0.5) is 0 Å². The van der Waals surface area contributed by atoms with Crippen LogP contribution in [0.5, 0.6) is 0 Å². The quantitative estimate of drug-likeness (QED) is 0.754. The molecule has 1 unspecified atom stereocenters. The van der Waals surface area contributed by atoms with Crippen molar-refractivity contribution in [2.45, 2.75) is 45.4 Å². The summed E-state index contributed by atoms with van der Waals surface area (Å²) < 4.78 is 5.49. The largest absolute Gasteiger partial charge is 0.381 e. The molecular formula is C14H25NO2. The molecule has 0 aromatic carbocycles. The average Bonchev–Trinajstić information content (AvgIpc) is 2.89. The summed E-state index contributed by atoms with van der Waals surface area (Å²) in [6, 6.07) is 0. The summed E-state index contributed by atoms with van der Waals surface area (Å²) >= 11 is 0. The molecule has 1 heterocycles. The van der Waals surface area contributed by atoms with Crippen LogP contribution >= 0.6 is 0 Å². The first-order valence-electron chi connectivity index (χ1n) is 7.17. The molecule has 2 aliphatic rings. The number of hydrogen-bond acceptors (Lipinski definition) is 2. The Bertz CT molecular complexity index is 249. The molecule has 1 amide bonds. The van der Waals surface area contributed by atoms with E-state index >= 15 is 0 Å². The van der Waals surface area contributed by atoms with Gasteiger partial charge in [-0.25, -0.2) is 0 Å². The lowest BCUT2D eigenvalue weighted by atomic mass is 9.97. The van der Waals surface area contributed by atoms with Crippen molar-refractivity contribution in [2.24, 2.45) is 11.8 Å². The Balaban J connectivity index is 1.81. The van der Waals surface area contributed by atoms with Crippen LogP contribution in [0.15, 0.2) is 0 Å². The molecule has 3 heteroatoms. The summed E-state index contributed by atoms with van der Waals surface area (Å²) in [6.45, 7) is 5.54. The van der Waals surface area contributed by atoms with Gasteiger partial charge in [0, 0.05) is 25.6 Å². The molecule has 0 N–H and O–H groups in total. The second kappa shape index (κ2) is 6.39. The number of carbonyl (C=O) groups is 1. The summed E-state index contributed by atoms with van der Waals surface area (Å²) in [5.74, 6) is 1.32. The molecule has 98 valence electrons. The molecule has 0 bridgehead atoms. The molecule has 17 heavy (non-hydrogen) atoms. The van der Waals surface area contributed by atoms with E-state index in [1.807, 2.05) is 6.92 Å². The highest BCUT2D eigenvalue weighted by molar-refractivity contribution is 5.79. The van der Waals surface area contributed by atoms with Gasteiger partial charge in [-0.3, -0.25) is 4.79 Å². The lowest BCUT2D eigenvalue weighted by molar-refractivity contribution is -0.137. The van der Waals surface area contributed by atoms with Crippen molar-refractivity contribution in [3.63, 3.8) is 0 Å². The zero-order chi connectivity index (χ0) is 12.1. The van der Waals surface area contributed by atoms with Gasteiger partial charge in [-0.1, -0.05) is 12.8 Å². The minimum absolute atomic E-state index is 0.334. The number of amides is 1. The second-order valence-electron chi connectivity index (χ2n) is 5.43. The van der Waals surface area contributed by atoms with Crippen LogP contribution in [0, 0.1) is 11.8 Å². The van der Waals surface area contributed by atoms with Gasteiger partial charge in [-0.05, 0) is 38.5 Å². The standard InChI is InChI=1S/C14H25NO2/c1-2-17-11-12-6-5-9-15(10-12)14(16)13-7-3-4-8-13/h12-13H,2-11H2,1H3. The third-order valence-electron chi connectivity index (χ3n) is 4.09. The van der Waals surface area contributed by atoms with Crippen molar-refractivity contribution in [1.82, 2.24) is 4.90 Å². The SMILES string of the molecule is CCOCC1CCCN(C(=O)C2CCCC2)C1. The van der Waals surface area contributed by atoms with Crippen molar-refractivity contribution in [2.75, 3.05) is 26.3 Å². The Hall–Kier alpha value is -0.570. The van der Waals surface area contributed by atoms with Crippen LogP contribution < -0.4 is 0 Å². The number of nitrogens with zero attached hydrogens (tertiary/aromatic N) is 1. The highest BCUT2D eigenvalue weighted by Crippen LogP contribution is 2.28. The summed E-state index contributed by atoms with van der Waals surface area (Å²) in [6.07, 6.45) is 7.08.